The number of amides is 1. The van der Waals surface area contributed by atoms with Gasteiger partial charge in [-0.25, -0.2) is 4.39 Å². The minimum absolute atomic E-state index is 0.00895. The number of likely N-dealkylation sites (tertiary alicyclic amines) is 1. The molecule has 0 bridgehead atoms. The molecule has 3 heterocycles. The Labute approximate surface area is 169 Å². The molecule has 2 aromatic heterocycles. The largest absolute Gasteiger partial charge is 0.338 e. The summed E-state index contributed by atoms with van der Waals surface area (Å²) in [6.45, 7) is 1.56. The van der Waals surface area contributed by atoms with Crippen LogP contribution in [0.15, 0.2) is 50.6 Å². The maximum absolute atomic E-state index is 13.5. The van der Waals surface area contributed by atoms with Gasteiger partial charge in [-0.2, -0.15) is 5.10 Å². The molecule has 3 aromatic rings. The first-order valence-electron chi connectivity index (χ1n) is 9.08. The molecule has 148 valence electrons. The number of hydrogen-bond donors (Lipinski definition) is 2. The summed E-state index contributed by atoms with van der Waals surface area (Å²) in [5.74, 6) is 5.06. The Balaban J connectivity index is 1.59. The number of nitrogens with two attached hydrogens (primary N) is 1. The quantitative estimate of drug-likeness (QED) is 0.392. The normalized spacial score (nSPS) is 14.9. The molecule has 3 N–H and O–H groups in total. The van der Waals surface area contributed by atoms with E-state index in [0.29, 0.717) is 21.5 Å². The molecular weight excluding hydrogens is 393 g/mol. The molecule has 4 rings (SSSR count). The van der Waals surface area contributed by atoms with Crippen LogP contribution >= 0.6 is 11.3 Å². The number of pyridine rings is 1. The monoisotopic (exact) mass is 411 g/mol. The Kier molecular flexibility index (Phi) is 5.22. The predicted molar refractivity (Wildman–Crippen MR) is 113 cm³/mol. The van der Waals surface area contributed by atoms with Crippen LogP contribution in [0.4, 0.5) is 10.1 Å². The highest BCUT2D eigenvalue weighted by molar-refractivity contribution is 7.12. The highest BCUT2D eigenvalue weighted by atomic mass is 32.1. The molecule has 1 saturated heterocycles. The van der Waals surface area contributed by atoms with Gasteiger partial charge in [0.2, 0.25) is 0 Å². The number of rotatable bonds is 4. The summed E-state index contributed by atoms with van der Waals surface area (Å²) in [5, 5.41) is 5.92. The first-order valence-corrected chi connectivity index (χ1v) is 9.96. The zero-order chi connectivity index (χ0) is 20.4. The van der Waals surface area contributed by atoms with Crippen LogP contribution in [0.3, 0.4) is 0 Å². The number of hydrogen-bond acceptors (Lipinski definition) is 6. The number of fused-ring (bicyclic) bond motifs is 1. The van der Waals surface area contributed by atoms with Gasteiger partial charge in [0.1, 0.15) is 11.5 Å². The standard InChI is InChI=1S/C20H18FN5O2S/c21-13-3-4-16-12(7-13)8-15(19(27)24-16)17(25-22)10-23-14-9-18(29-11-14)20(28)26-5-1-2-6-26/h3-4,7-11H,1-2,5-6,22H2,(H,24,27). The summed E-state index contributed by atoms with van der Waals surface area (Å²) in [7, 11) is 0. The number of H-pyrrole nitrogens is 1. The highest BCUT2D eigenvalue weighted by Gasteiger charge is 2.20. The number of halogens is 1. The van der Waals surface area contributed by atoms with Crippen molar-refractivity contribution >= 4 is 45.8 Å². The van der Waals surface area contributed by atoms with Crippen LogP contribution in [0.2, 0.25) is 0 Å². The number of carbonyl (C=O) groups excluding carboxylic acids is 1. The smallest absolute Gasteiger partial charge is 0.263 e. The maximum Gasteiger partial charge on any atom is 0.263 e. The van der Waals surface area contributed by atoms with E-state index in [1.165, 1.54) is 41.8 Å². The number of aromatic amines is 1. The Morgan fingerprint density at radius 3 is 2.79 bits per heavy atom. The van der Waals surface area contributed by atoms with Gasteiger partial charge in [-0.3, -0.25) is 14.6 Å². The molecule has 0 atom stereocenters. The van der Waals surface area contributed by atoms with E-state index in [1.54, 1.807) is 11.4 Å². The van der Waals surface area contributed by atoms with Crippen LogP contribution in [0.5, 0.6) is 0 Å². The second-order valence-corrected chi connectivity index (χ2v) is 7.60. The van der Waals surface area contributed by atoms with Gasteiger partial charge in [0.25, 0.3) is 11.5 Å². The van der Waals surface area contributed by atoms with E-state index in [2.05, 4.69) is 15.1 Å². The lowest BCUT2D eigenvalue weighted by Gasteiger charge is -2.13. The van der Waals surface area contributed by atoms with Crippen molar-refractivity contribution in [2.45, 2.75) is 12.8 Å². The fourth-order valence-corrected chi connectivity index (χ4v) is 4.05. The van der Waals surface area contributed by atoms with Crippen LogP contribution in [0.1, 0.15) is 28.1 Å². The second-order valence-electron chi connectivity index (χ2n) is 6.68. The lowest BCUT2D eigenvalue weighted by Crippen LogP contribution is -2.26. The fraction of sp³-hybridized carbons (Fsp3) is 0.200. The van der Waals surface area contributed by atoms with Crippen molar-refractivity contribution in [2.24, 2.45) is 15.9 Å². The van der Waals surface area contributed by atoms with Crippen LogP contribution in [-0.2, 0) is 0 Å². The molecule has 0 aliphatic carbocycles. The third-order valence-corrected chi connectivity index (χ3v) is 5.65. The molecule has 1 amide bonds. The summed E-state index contributed by atoms with van der Waals surface area (Å²) in [6.07, 6.45) is 3.42. The minimum Gasteiger partial charge on any atom is -0.338 e. The van der Waals surface area contributed by atoms with Gasteiger partial charge in [-0.05, 0) is 43.2 Å². The van der Waals surface area contributed by atoms with Crippen molar-refractivity contribution in [1.29, 1.82) is 0 Å². The summed E-state index contributed by atoms with van der Waals surface area (Å²) in [5.41, 5.74) is 1.00. The van der Waals surface area contributed by atoms with Gasteiger partial charge in [0.15, 0.2) is 0 Å². The summed E-state index contributed by atoms with van der Waals surface area (Å²) >= 11 is 1.32. The van der Waals surface area contributed by atoms with E-state index in [-0.39, 0.29) is 17.2 Å². The summed E-state index contributed by atoms with van der Waals surface area (Å²) in [4.78, 5) is 34.2. The molecule has 0 unspecified atom stereocenters. The number of nitrogens with one attached hydrogen (secondary N) is 1. The molecule has 1 aliphatic heterocycles. The third-order valence-electron chi connectivity index (χ3n) is 4.75. The van der Waals surface area contributed by atoms with Crippen molar-refractivity contribution in [3.8, 4) is 0 Å². The van der Waals surface area contributed by atoms with E-state index in [9.17, 15) is 14.0 Å². The van der Waals surface area contributed by atoms with Crippen molar-refractivity contribution in [1.82, 2.24) is 9.88 Å². The lowest BCUT2D eigenvalue weighted by atomic mass is 10.1. The van der Waals surface area contributed by atoms with E-state index in [0.717, 1.165) is 25.9 Å². The minimum atomic E-state index is -0.413. The fourth-order valence-electron chi connectivity index (χ4n) is 3.26. The third kappa shape index (κ3) is 3.95. The average Bonchev–Trinajstić information content (AvgIpc) is 3.41. The Morgan fingerprint density at radius 1 is 1.24 bits per heavy atom. The molecule has 1 aromatic carbocycles. The van der Waals surface area contributed by atoms with Crippen LogP contribution in [-0.4, -0.2) is 40.8 Å². The van der Waals surface area contributed by atoms with E-state index < -0.39 is 11.4 Å². The second kappa shape index (κ2) is 7.96. The van der Waals surface area contributed by atoms with E-state index in [4.69, 9.17) is 5.84 Å². The Hall–Kier alpha value is -3.33. The number of hydrazone groups is 1. The molecule has 0 saturated carbocycles. The molecule has 29 heavy (non-hydrogen) atoms. The van der Waals surface area contributed by atoms with Crippen molar-refractivity contribution < 1.29 is 9.18 Å². The number of carbonyl (C=O) groups is 1. The molecule has 7 nitrogen and oxygen atoms in total. The zero-order valence-electron chi connectivity index (χ0n) is 15.4. The van der Waals surface area contributed by atoms with E-state index in [1.807, 2.05) is 4.90 Å². The maximum atomic E-state index is 13.5. The highest BCUT2D eigenvalue weighted by Crippen LogP contribution is 2.24. The Morgan fingerprint density at radius 2 is 2.03 bits per heavy atom. The molecule has 9 heteroatoms. The first kappa shape index (κ1) is 19.0. The van der Waals surface area contributed by atoms with Crippen LogP contribution in [0.25, 0.3) is 10.9 Å². The van der Waals surface area contributed by atoms with E-state index >= 15 is 0 Å². The number of nitrogens with zero attached hydrogens (tertiary/aromatic N) is 3. The number of benzene rings is 1. The van der Waals surface area contributed by atoms with Gasteiger partial charge in [0, 0.05) is 29.4 Å². The SMILES string of the molecule is NN=C(C=Nc1csc(C(=O)N2CCCC2)c1)c1cc2cc(F)ccc2[nH]c1=O. The van der Waals surface area contributed by atoms with Crippen LogP contribution in [0, 0.1) is 5.82 Å². The average molecular weight is 411 g/mol. The van der Waals surface area contributed by atoms with Gasteiger partial charge in [-0.15, -0.1) is 11.3 Å². The molecule has 0 spiro atoms. The molecule has 0 radical (unpaired) electrons. The summed E-state index contributed by atoms with van der Waals surface area (Å²) in [6, 6.07) is 7.30. The first-order chi connectivity index (χ1) is 14.0. The number of aromatic nitrogens is 1. The van der Waals surface area contributed by atoms with Crippen LogP contribution < -0.4 is 11.4 Å². The van der Waals surface area contributed by atoms with Gasteiger partial charge < -0.3 is 15.7 Å². The topological polar surface area (TPSA) is 104 Å². The molecule has 1 fully saturated rings. The predicted octanol–water partition coefficient (Wildman–Crippen LogP) is 3.03. The number of thiophene rings is 1. The summed E-state index contributed by atoms with van der Waals surface area (Å²) < 4.78 is 13.5. The van der Waals surface area contributed by atoms with Crippen molar-refractivity contribution in [2.75, 3.05) is 13.1 Å². The Bertz CT molecular complexity index is 1190. The zero-order valence-corrected chi connectivity index (χ0v) is 16.2. The number of aliphatic imine (C=N–C) groups is 1. The van der Waals surface area contributed by atoms with Crippen molar-refractivity contribution in [3.05, 3.63) is 62.3 Å². The van der Waals surface area contributed by atoms with Gasteiger partial charge in [-0.1, -0.05) is 0 Å². The molecule has 1 aliphatic rings. The lowest BCUT2D eigenvalue weighted by molar-refractivity contribution is 0.0797. The van der Waals surface area contributed by atoms with Gasteiger partial charge in [0.05, 0.1) is 22.3 Å². The molecular formula is C20H18FN5O2S. The van der Waals surface area contributed by atoms with Gasteiger partial charge >= 0.3 is 0 Å². The van der Waals surface area contributed by atoms with Crippen molar-refractivity contribution in [3.63, 3.8) is 0 Å².